The van der Waals surface area contributed by atoms with Crippen molar-refractivity contribution in [2.24, 2.45) is 11.7 Å². The van der Waals surface area contributed by atoms with Gasteiger partial charge in [0.05, 0.1) is 6.20 Å². The molecule has 1 amide bonds. The van der Waals surface area contributed by atoms with E-state index >= 15 is 0 Å². The molecule has 1 fully saturated rings. The van der Waals surface area contributed by atoms with Gasteiger partial charge in [-0.25, -0.2) is 4.98 Å². The molecule has 14 heavy (non-hydrogen) atoms. The third kappa shape index (κ3) is 1.88. The molecule has 1 aromatic heterocycles. The summed E-state index contributed by atoms with van der Waals surface area (Å²) < 4.78 is 0. The molecule has 1 aromatic rings. The van der Waals surface area contributed by atoms with Gasteiger partial charge >= 0.3 is 0 Å². The van der Waals surface area contributed by atoms with E-state index in [4.69, 9.17) is 5.73 Å². The van der Waals surface area contributed by atoms with Crippen LogP contribution in [0.15, 0.2) is 18.6 Å². The first kappa shape index (κ1) is 9.08. The van der Waals surface area contributed by atoms with Gasteiger partial charge in [0, 0.05) is 24.4 Å². The predicted molar refractivity (Wildman–Crippen MR) is 51.4 cm³/mol. The van der Waals surface area contributed by atoms with Crippen molar-refractivity contribution in [3.63, 3.8) is 0 Å². The third-order valence-electron chi connectivity index (χ3n) is 2.36. The smallest absolute Gasteiger partial charge is 0.228 e. The maximum atomic E-state index is 11.5. The van der Waals surface area contributed by atoms with Crippen LogP contribution in [0, 0.1) is 5.92 Å². The molecule has 1 aliphatic rings. The average Bonchev–Trinajstić information content (AvgIpc) is 2.14. The Balaban J connectivity index is 1.89. The first-order valence-corrected chi connectivity index (χ1v) is 4.58. The molecule has 0 aliphatic heterocycles. The van der Waals surface area contributed by atoms with Crippen LogP contribution in [0.2, 0.25) is 0 Å². The van der Waals surface area contributed by atoms with Gasteiger partial charge in [-0.3, -0.25) is 9.78 Å². The molecule has 0 atom stereocenters. The van der Waals surface area contributed by atoms with Gasteiger partial charge < -0.3 is 11.1 Å². The first-order valence-electron chi connectivity index (χ1n) is 4.58. The number of hydrogen-bond acceptors (Lipinski definition) is 4. The summed E-state index contributed by atoms with van der Waals surface area (Å²) in [5.74, 6) is 0.539. The second-order valence-electron chi connectivity index (χ2n) is 3.51. The minimum atomic E-state index is -0.00722. The Bertz CT molecular complexity index is 321. The Morgan fingerprint density at radius 1 is 1.50 bits per heavy atom. The van der Waals surface area contributed by atoms with E-state index < -0.39 is 0 Å². The van der Waals surface area contributed by atoms with Crippen LogP contribution in [0.1, 0.15) is 12.8 Å². The average molecular weight is 192 g/mol. The fourth-order valence-electron chi connectivity index (χ4n) is 1.47. The zero-order valence-corrected chi connectivity index (χ0v) is 7.68. The number of nitrogens with two attached hydrogens (primary N) is 1. The molecule has 5 heteroatoms. The standard InChI is InChI=1S/C9H12N4O/c10-7-3-6(4-7)9(14)13-8-5-11-1-2-12-8/h1-2,5-7H,3-4,10H2,(H,12,13,14). The van der Waals surface area contributed by atoms with Crippen LogP contribution >= 0.6 is 0 Å². The van der Waals surface area contributed by atoms with Crippen molar-refractivity contribution in [2.45, 2.75) is 18.9 Å². The summed E-state index contributed by atoms with van der Waals surface area (Å²) >= 11 is 0. The number of anilines is 1. The normalized spacial score (nSPS) is 25.2. The zero-order valence-electron chi connectivity index (χ0n) is 7.68. The molecule has 0 aromatic carbocycles. The molecule has 0 unspecified atom stereocenters. The largest absolute Gasteiger partial charge is 0.328 e. The molecule has 0 saturated heterocycles. The van der Waals surface area contributed by atoms with Gasteiger partial charge in [-0.1, -0.05) is 0 Å². The first-order chi connectivity index (χ1) is 6.75. The maximum absolute atomic E-state index is 11.5. The molecular formula is C9H12N4O. The highest BCUT2D eigenvalue weighted by Gasteiger charge is 2.31. The van der Waals surface area contributed by atoms with Gasteiger partial charge in [0.25, 0.3) is 0 Å². The SMILES string of the molecule is NC1CC(C(=O)Nc2cnccn2)C1. The lowest BCUT2D eigenvalue weighted by atomic mass is 9.80. The zero-order chi connectivity index (χ0) is 9.97. The summed E-state index contributed by atoms with van der Waals surface area (Å²) in [6.07, 6.45) is 6.17. The highest BCUT2D eigenvalue weighted by Crippen LogP contribution is 2.26. The molecule has 0 bridgehead atoms. The Labute approximate surface area is 81.7 Å². The number of carbonyl (C=O) groups excluding carboxylic acids is 1. The highest BCUT2D eigenvalue weighted by atomic mass is 16.2. The van der Waals surface area contributed by atoms with Crippen molar-refractivity contribution in [1.29, 1.82) is 0 Å². The van der Waals surface area contributed by atoms with Crippen LogP contribution < -0.4 is 11.1 Å². The van der Waals surface area contributed by atoms with E-state index in [2.05, 4.69) is 15.3 Å². The number of carbonyl (C=O) groups is 1. The number of hydrogen-bond donors (Lipinski definition) is 2. The van der Waals surface area contributed by atoms with Crippen molar-refractivity contribution in [2.75, 3.05) is 5.32 Å². The van der Waals surface area contributed by atoms with Gasteiger partial charge in [-0.05, 0) is 12.8 Å². The van der Waals surface area contributed by atoms with Gasteiger partial charge in [-0.15, -0.1) is 0 Å². The van der Waals surface area contributed by atoms with Crippen LogP contribution in [-0.2, 0) is 4.79 Å². The second kappa shape index (κ2) is 3.71. The fourth-order valence-corrected chi connectivity index (χ4v) is 1.47. The van der Waals surface area contributed by atoms with Crippen molar-refractivity contribution in [1.82, 2.24) is 9.97 Å². The third-order valence-corrected chi connectivity index (χ3v) is 2.36. The lowest BCUT2D eigenvalue weighted by molar-refractivity contribution is -0.122. The Kier molecular flexibility index (Phi) is 2.41. The number of amides is 1. The van der Waals surface area contributed by atoms with Crippen LogP contribution in [0.3, 0.4) is 0 Å². The van der Waals surface area contributed by atoms with Crippen LogP contribution in [-0.4, -0.2) is 21.9 Å². The van der Waals surface area contributed by atoms with Gasteiger partial charge in [0.2, 0.25) is 5.91 Å². The Hall–Kier alpha value is -1.49. The monoisotopic (exact) mass is 192 g/mol. The summed E-state index contributed by atoms with van der Waals surface area (Å²) in [5.41, 5.74) is 5.59. The number of aromatic nitrogens is 2. The molecule has 2 rings (SSSR count). The van der Waals surface area contributed by atoms with Crippen LogP contribution in [0.4, 0.5) is 5.82 Å². The highest BCUT2D eigenvalue weighted by molar-refractivity contribution is 5.92. The van der Waals surface area contributed by atoms with Gasteiger partial charge in [-0.2, -0.15) is 0 Å². The lowest BCUT2D eigenvalue weighted by Crippen LogP contribution is -2.42. The molecule has 0 radical (unpaired) electrons. The Morgan fingerprint density at radius 3 is 2.86 bits per heavy atom. The summed E-state index contributed by atoms with van der Waals surface area (Å²) in [6.45, 7) is 0. The summed E-state index contributed by atoms with van der Waals surface area (Å²) in [6, 6.07) is 0.188. The summed E-state index contributed by atoms with van der Waals surface area (Å²) in [4.78, 5) is 19.3. The summed E-state index contributed by atoms with van der Waals surface area (Å²) in [5, 5.41) is 2.70. The quantitative estimate of drug-likeness (QED) is 0.699. The number of nitrogens with one attached hydrogen (secondary N) is 1. The van der Waals surface area contributed by atoms with Crippen LogP contribution in [0.5, 0.6) is 0 Å². The lowest BCUT2D eigenvalue weighted by Gasteiger charge is -2.30. The van der Waals surface area contributed by atoms with E-state index in [1.807, 2.05) is 0 Å². The van der Waals surface area contributed by atoms with Crippen molar-refractivity contribution in [3.8, 4) is 0 Å². The molecule has 0 spiro atoms. The molecular weight excluding hydrogens is 180 g/mol. The van der Waals surface area contributed by atoms with Gasteiger partial charge in [0.1, 0.15) is 0 Å². The molecule has 3 N–H and O–H groups in total. The fraction of sp³-hybridized carbons (Fsp3) is 0.444. The number of rotatable bonds is 2. The van der Waals surface area contributed by atoms with Crippen molar-refractivity contribution < 1.29 is 4.79 Å². The molecule has 74 valence electrons. The molecule has 5 nitrogen and oxygen atoms in total. The molecule has 1 heterocycles. The van der Waals surface area contributed by atoms with Gasteiger partial charge in [0.15, 0.2) is 5.82 Å². The van der Waals surface area contributed by atoms with E-state index in [1.165, 1.54) is 6.20 Å². The molecule has 1 saturated carbocycles. The van der Waals surface area contributed by atoms with Crippen molar-refractivity contribution >= 4 is 11.7 Å². The van der Waals surface area contributed by atoms with Crippen LogP contribution in [0.25, 0.3) is 0 Å². The van der Waals surface area contributed by atoms with E-state index in [1.54, 1.807) is 12.4 Å². The van der Waals surface area contributed by atoms with E-state index in [-0.39, 0.29) is 17.9 Å². The predicted octanol–water partition coefficient (Wildman–Crippen LogP) is 0.152. The summed E-state index contributed by atoms with van der Waals surface area (Å²) in [7, 11) is 0. The second-order valence-corrected chi connectivity index (χ2v) is 3.51. The molecule has 1 aliphatic carbocycles. The minimum Gasteiger partial charge on any atom is -0.328 e. The topological polar surface area (TPSA) is 80.9 Å². The number of nitrogens with zero attached hydrogens (tertiary/aromatic N) is 2. The Morgan fingerprint density at radius 2 is 2.29 bits per heavy atom. The van der Waals surface area contributed by atoms with Crippen molar-refractivity contribution in [3.05, 3.63) is 18.6 Å². The minimum absolute atomic E-state index is 0.00722. The maximum Gasteiger partial charge on any atom is 0.228 e. The van der Waals surface area contributed by atoms with E-state index in [9.17, 15) is 4.79 Å². The van der Waals surface area contributed by atoms with E-state index in [0.717, 1.165) is 12.8 Å². The van der Waals surface area contributed by atoms with E-state index in [0.29, 0.717) is 5.82 Å².